The van der Waals surface area contributed by atoms with Crippen LogP contribution in [0.2, 0.25) is 0 Å². The molecule has 0 aliphatic carbocycles. The minimum Gasteiger partial charge on any atom is -0.312 e. The Morgan fingerprint density at radius 3 is 2.24 bits per heavy atom. The number of likely N-dealkylation sites (tertiary alicyclic amines) is 1. The summed E-state index contributed by atoms with van der Waals surface area (Å²) in [5, 5.41) is 9.48. The summed E-state index contributed by atoms with van der Waals surface area (Å²) < 4.78 is 28.8. The Morgan fingerprint density at radius 1 is 1.00 bits per heavy atom. The van der Waals surface area contributed by atoms with E-state index < -0.39 is 0 Å². The van der Waals surface area contributed by atoms with Gasteiger partial charge in [0.1, 0.15) is 11.6 Å². The number of anilines is 1. The van der Waals surface area contributed by atoms with Crippen molar-refractivity contribution >= 4 is 23.4 Å². The third-order valence-corrected chi connectivity index (χ3v) is 7.05. The fraction of sp³-hybridized carbons (Fsp3) is 0.400. The maximum absolute atomic E-state index is 13.6. The first-order valence-electron chi connectivity index (χ1n) is 11.6. The third-order valence-electron chi connectivity index (χ3n) is 6.14. The van der Waals surface area contributed by atoms with Gasteiger partial charge in [-0.05, 0) is 88.3 Å². The number of aromatic nitrogens is 3. The quantitative estimate of drug-likeness (QED) is 0.409. The smallest absolute Gasteiger partial charge is 0.237 e. The number of rotatable bonds is 8. The van der Waals surface area contributed by atoms with E-state index >= 15 is 0 Å². The summed E-state index contributed by atoms with van der Waals surface area (Å²) >= 11 is 1.29. The van der Waals surface area contributed by atoms with E-state index in [1.165, 1.54) is 42.4 Å². The molecule has 1 aliphatic heterocycles. The van der Waals surface area contributed by atoms with Gasteiger partial charge in [0.25, 0.3) is 0 Å². The molecule has 6 nitrogen and oxygen atoms in total. The highest BCUT2D eigenvalue weighted by atomic mass is 32.2. The zero-order chi connectivity index (χ0) is 24.1. The largest absolute Gasteiger partial charge is 0.312 e. The molecule has 0 unspecified atom stereocenters. The van der Waals surface area contributed by atoms with Crippen molar-refractivity contribution in [2.45, 2.75) is 44.3 Å². The van der Waals surface area contributed by atoms with Gasteiger partial charge in [0.2, 0.25) is 5.91 Å². The summed E-state index contributed by atoms with van der Waals surface area (Å²) in [4.78, 5) is 17.0. The lowest BCUT2D eigenvalue weighted by atomic mass is 10.1. The predicted octanol–water partition coefficient (Wildman–Crippen LogP) is 5.24. The molecule has 1 amide bonds. The number of carbonyl (C=O) groups is 1. The van der Waals surface area contributed by atoms with E-state index in [1.807, 2.05) is 11.5 Å². The zero-order valence-corrected chi connectivity index (χ0v) is 20.3. The van der Waals surface area contributed by atoms with Gasteiger partial charge in [0.15, 0.2) is 11.0 Å². The molecular formula is C25H29F2N5OS. The van der Waals surface area contributed by atoms with E-state index in [4.69, 9.17) is 0 Å². The van der Waals surface area contributed by atoms with Crippen LogP contribution in [0.3, 0.4) is 0 Å². The molecule has 0 bridgehead atoms. The van der Waals surface area contributed by atoms with E-state index in [-0.39, 0.29) is 29.3 Å². The fourth-order valence-corrected chi connectivity index (χ4v) is 5.11. The summed E-state index contributed by atoms with van der Waals surface area (Å²) in [5.41, 5.74) is 1.40. The molecule has 34 heavy (non-hydrogen) atoms. The molecule has 0 radical (unpaired) electrons. The van der Waals surface area contributed by atoms with Gasteiger partial charge in [-0.15, -0.1) is 10.2 Å². The monoisotopic (exact) mass is 485 g/mol. The number of carbonyl (C=O) groups excluding carboxylic acids is 1. The van der Waals surface area contributed by atoms with E-state index in [2.05, 4.69) is 22.0 Å². The lowest BCUT2D eigenvalue weighted by Gasteiger charge is -2.31. The van der Waals surface area contributed by atoms with Gasteiger partial charge >= 0.3 is 0 Å². The Morgan fingerprint density at radius 2 is 1.62 bits per heavy atom. The van der Waals surface area contributed by atoms with Gasteiger partial charge in [0.05, 0.1) is 11.8 Å². The van der Waals surface area contributed by atoms with Crippen LogP contribution in [-0.2, 0) is 4.79 Å². The summed E-state index contributed by atoms with van der Waals surface area (Å²) in [5.74, 6) is 0.143. The van der Waals surface area contributed by atoms with Crippen LogP contribution in [0.25, 0.3) is 5.69 Å². The van der Waals surface area contributed by atoms with E-state index in [0.29, 0.717) is 17.4 Å². The number of nitrogens with zero attached hydrogens (tertiary/aromatic N) is 5. The number of piperidine rings is 1. The topological polar surface area (TPSA) is 54.3 Å². The Bertz CT molecular complexity index is 1100. The van der Waals surface area contributed by atoms with Crippen LogP contribution in [0.5, 0.6) is 0 Å². The molecular weight excluding hydrogens is 456 g/mol. The Hall–Kier alpha value is -2.78. The first-order valence-corrected chi connectivity index (χ1v) is 12.6. The number of benzene rings is 2. The Labute approximate surface area is 203 Å². The van der Waals surface area contributed by atoms with Gasteiger partial charge in [-0.2, -0.15) is 0 Å². The second-order valence-corrected chi connectivity index (χ2v) is 9.27. The fourth-order valence-electron chi connectivity index (χ4n) is 4.28. The molecule has 1 saturated heterocycles. The first-order chi connectivity index (χ1) is 16.5. The second-order valence-electron chi connectivity index (χ2n) is 8.33. The number of halogens is 2. The van der Waals surface area contributed by atoms with Gasteiger partial charge in [-0.25, -0.2) is 8.78 Å². The maximum atomic E-state index is 13.6. The molecule has 1 aromatic heterocycles. The van der Waals surface area contributed by atoms with Gasteiger partial charge in [0, 0.05) is 17.9 Å². The van der Waals surface area contributed by atoms with Crippen molar-refractivity contribution in [2.24, 2.45) is 0 Å². The number of thioether (sulfide) groups is 1. The average molecular weight is 486 g/mol. The predicted molar refractivity (Wildman–Crippen MR) is 130 cm³/mol. The number of hydrogen-bond acceptors (Lipinski definition) is 5. The van der Waals surface area contributed by atoms with E-state index in [1.54, 1.807) is 29.2 Å². The summed E-state index contributed by atoms with van der Waals surface area (Å²) in [6, 6.07) is 12.2. The highest BCUT2D eigenvalue weighted by Gasteiger charge is 2.26. The number of amides is 1. The molecule has 9 heteroatoms. The lowest BCUT2D eigenvalue weighted by molar-refractivity contribution is -0.116. The molecule has 2 aromatic carbocycles. The summed E-state index contributed by atoms with van der Waals surface area (Å²) in [6.07, 6.45) is 3.54. The molecule has 0 saturated carbocycles. The van der Waals surface area contributed by atoms with Gasteiger partial charge in [-0.3, -0.25) is 14.3 Å². The summed E-state index contributed by atoms with van der Waals surface area (Å²) in [7, 11) is 0. The highest BCUT2D eigenvalue weighted by Crippen LogP contribution is 2.30. The molecule has 1 atom stereocenters. The zero-order valence-electron chi connectivity index (χ0n) is 19.5. The van der Waals surface area contributed by atoms with Crippen LogP contribution < -0.4 is 4.90 Å². The summed E-state index contributed by atoms with van der Waals surface area (Å²) in [6.45, 7) is 6.46. The minimum absolute atomic E-state index is 0.0364. The van der Waals surface area contributed by atoms with Crippen LogP contribution in [0.4, 0.5) is 14.5 Å². The molecule has 1 fully saturated rings. The van der Waals surface area contributed by atoms with Gasteiger partial charge < -0.3 is 4.90 Å². The van der Waals surface area contributed by atoms with Crippen LogP contribution in [0.15, 0.2) is 53.7 Å². The molecule has 0 spiro atoms. The van der Waals surface area contributed by atoms with Crippen molar-refractivity contribution in [1.29, 1.82) is 0 Å². The van der Waals surface area contributed by atoms with E-state index in [0.717, 1.165) is 37.4 Å². The maximum Gasteiger partial charge on any atom is 0.237 e. The van der Waals surface area contributed by atoms with Crippen LogP contribution in [0, 0.1) is 11.6 Å². The molecule has 1 aliphatic rings. The highest BCUT2D eigenvalue weighted by molar-refractivity contribution is 7.99. The third kappa shape index (κ3) is 5.47. The Kier molecular flexibility index (Phi) is 7.95. The minimum atomic E-state index is -0.343. The van der Waals surface area contributed by atoms with Crippen LogP contribution in [-0.4, -0.2) is 51.0 Å². The van der Waals surface area contributed by atoms with Crippen LogP contribution in [0.1, 0.15) is 45.0 Å². The van der Waals surface area contributed by atoms with E-state index in [9.17, 15) is 13.6 Å². The normalized spacial score (nSPS) is 15.3. The van der Waals surface area contributed by atoms with Crippen molar-refractivity contribution in [3.63, 3.8) is 0 Å². The van der Waals surface area contributed by atoms with Crippen molar-refractivity contribution in [3.8, 4) is 5.69 Å². The van der Waals surface area contributed by atoms with Gasteiger partial charge in [-0.1, -0.05) is 18.2 Å². The van der Waals surface area contributed by atoms with Crippen molar-refractivity contribution in [2.75, 3.05) is 30.3 Å². The standard InChI is InChI=1S/C25H29F2N5OS/c1-3-31(21-11-7-19(26)8-12-21)23(33)17-34-25-29-28-24(18(2)30-15-5-4-6-16-30)32(25)22-13-9-20(27)10-14-22/h7-14,18H,3-6,15-17H2,1-2H3/t18-/m0/s1. The SMILES string of the molecule is CCN(C(=O)CSc1nnc([C@H](C)N2CCCCC2)n1-c1ccc(F)cc1)c1ccc(F)cc1. The van der Waals surface area contributed by atoms with Crippen LogP contribution >= 0.6 is 11.8 Å². The molecule has 0 N–H and O–H groups in total. The molecule has 4 rings (SSSR count). The van der Waals surface area contributed by atoms with Crippen molar-refractivity contribution in [1.82, 2.24) is 19.7 Å². The first kappa shape index (κ1) is 24.3. The molecule has 180 valence electrons. The second kappa shape index (κ2) is 11.1. The van der Waals surface area contributed by atoms with Crippen molar-refractivity contribution < 1.29 is 13.6 Å². The number of hydrogen-bond donors (Lipinski definition) is 0. The van der Waals surface area contributed by atoms with Crippen molar-refractivity contribution in [3.05, 3.63) is 66.0 Å². The molecule has 2 heterocycles. The molecule has 3 aromatic rings. The Balaban J connectivity index is 1.58. The lowest BCUT2D eigenvalue weighted by Crippen LogP contribution is -2.33. The average Bonchev–Trinajstić information content (AvgIpc) is 3.29.